The minimum Gasteiger partial charge on any atom is -0.487 e. The van der Waals surface area contributed by atoms with Crippen molar-refractivity contribution in [2.45, 2.75) is 24.5 Å². The first-order valence-electron chi connectivity index (χ1n) is 9.01. The third kappa shape index (κ3) is 2.51. The molecule has 1 fully saturated rings. The van der Waals surface area contributed by atoms with Gasteiger partial charge < -0.3 is 19.9 Å². The molecule has 0 aliphatic carbocycles. The Morgan fingerprint density at radius 1 is 1.22 bits per heavy atom. The lowest BCUT2D eigenvalue weighted by Crippen LogP contribution is -2.59. The highest BCUT2D eigenvalue weighted by molar-refractivity contribution is 6.30. The summed E-state index contributed by atoms with van der Waals surface area (Å²) >= 11 is 6.13. The van der Waals surface area contributed by atoms with Gasteiger partial charge in [0.15, 0.2) is 0 Å². The molecule has 140 valence electrons. The summed E-state index contributed by atoms with van der Waals surface area (Å²) in [6.45, 7) is 3.74. The van der Waals surface area contributed by atoms with E-state index >= 15 is 0 Å². The van der Waals surface area contributed by atoms with E-state index in [0.29, 0.717) is 24.8 Å². The fourth-order valence-corrected chi connectivity index (χ4v) is 4.67. The summed E-state index contributed by atoms with van der Waals surface area (Å²) in [6.07, 6.45) is 4.21. The topological polar surface area (TPSA) is 79.0 Å². The summed E-state index contributed by atoms with van der Waals surface area (Å²) in [4.78, 5) is 8.97. The van der Waals surface area contributed by atoms with Gasteiger partial charge in [0.25, 0.3) is 6.02 Å². The molecular weight excluding hydrogens is 366 g/mol. The molecule has 3 aliphatic rings. The van der Waals surface area contributed by atoms with Crippen molar-refractivity contribution >= 4 is 17.6 Å². The van der Waals surface area contributed by atoms with Crippen LogP contribution < -0.4 is 10.5 Å². The highest BCUT2D eigenvalue weighted by Crippen LogP contribution is 2.54. The van der Waals surface area contributed by atoms with Crippen molar-refractivity contribution in [3.63, 3.8) is 0 Å². The number of aliphatic imine (C=N–C) groups is 1. The molecule has 0 saturated carbocycles. The number of fused-ring (bicyclic) bond motifs is 4. The number of benzene rings is 1. The molecule has 2 aromatic rings. The maximum atomic E-state index is 6.47. The van der Waals surface area contributed by atoms with Gasteiger partial charge in [0.05, 0.1) is 24.2 Å². The molecular formula is C20H20ClN3O3. The fraction of sp³-hybridized carbons (Fsp3) is 0.400. The molecule has 0 bridgehead atoms. The second-order valence-electron chi connectivity index (χ2n) is 7.56. The van der Waals surface area contributed by atoms with Crippen molar-refractivity contribution in [3.05, 3.63) is 47.2 Å². The first-order valence-corrected chi connectivity index (χ1v) is 9.38. The summed E-state index contributed by atoms with van der Waals surface area (Å²) in [7, 11) is 0. The molecule has 5 rings (SSSR count). The number of nitrogens with two attached hydrogens (primary N) is 1. The molecule has 6 nitrogen and oxygen atoms in total. The number of halogens is 1. The number of rotatable bonds is 1. The number of nitrogens with zero attached hydrogens (tertiary/aromatic N) is 2. The van der Waals surface area contributed by atoms with Crippen LogP contribution in [0.1, 0.15) is 18.9 Å². The van der Waals surface area contributed by atoms with Gasteiger partial charge in [-0.1, -0.05) is 17.7 Å². The number of aromatic nitrogens is 1. The molecule has 1 spiro atoms. The van der Waals surface area contributed by atoms with Gasteiger partial charge in [0.1, 0.15) is 23.5 Å². The molecule has 1 aromatic carbocycles. The SMILES string of the molecule is C[C@]12CCOCC1C1(COC(N)=N1)c1cc(-c3cncc(Cl)c3)ccc1O2. The van der Waals surface area contributed by atoms with Crippen molar-refractivity contribution in [1.82, 2.24) is 4.98 Å². The molecule has 0 amide bonds. The normalized spacial score (nSPS) is 31.5. The summed E-state index contributed by atoms with van der Waals surface area (Å²) < 4.78 is 17.9. The number of hydrogen-bond acceptors (Lipinski definition) is 6. The zero-order valence-electron chi connectivity index (χ0n) is 14.9. The fourth-order valence-electron chi connectivity index (χ4n) is 4.50. The molecule has 3 aliphatic heterocycles. The predicted octanol–water partition coefficient (Wildman–Crippen LogP) is 3.13. The van der Waals surface area contributed by atoms with Gasteiger partial charge >= 0.3 is 0 Å². The monoisotopic (exact) mass is 385 g/mol. The molecule has 1 saturated heterocycles. The third-order valence-corrected chi connectivity index (χ3v) is 6.12. The van der Waals surface area contributed by atoms with Crippen LogP contribution in [0.5, 0.6) is 5.75 Å². The molecule has 0 radical (unpaired) electrons. The Labute approximate surface area is 162 Å². The summed E-state index contributed by atoms with van der Waals surface area (Å²) in [5.41, 5.74) is 7.85. The highest BCUT2D eigenvalue weighted by Gasteiger charge is 2.59. The summed E-state index contributed by atoms with van der Waals surface area (Å²) in [5, 5.41) is 0.593. The van der Waals surface area contributed by atoms with E-state index in [1.807, 2.05) is 18.2 Å². The van der Waals surface area contributed by atoms with Crippen molar-refractivity contribution in [1.29, 1.82) is 0 Å². The lowest BCUT2D eigenvalue weighted by atomic mass is 9.66. The van der Waals surface area contributed by atoms with Crippen molar-refractivity contribution in [3.8, 4) is 16.9 Å². The Hall–Kier alpha value is -2.31. The van der Waals surface area contributed by atoms with E-state index in [9.17, 15) is 0 Å². The van der Waals surface area contributed by atoms with Crippen LogP contribution in [0.25, 0.3) is 11.1 Å². The van der Waals surface area contributed by atoms with Crippen LogP contribution in [-0.2, 0) is 15.0 Å². The van der Waals surface area contributed by atoms with Crippen molar-refractivity contribution in [2.24, 2.45) is 16.6 Å². The average Bonchev–Trinajstić information content (AvgIpc) is 3.04. The maximum absolute atomic E-state index is 6.47. The molecule has 27 heavy (non-hydrogen) atoms. The van der Waals surface area contributed by atoms with Gasteiger partial charge in [0, 0.05) is 29.9 Å². The number of pyridine rings is 1. The van der Waals surface area contributed by atoms with Crippen molar-refractivity contribution in [2.75, 3.05) is 19.8 Å². The van der Waals surface area contributed by atoms with Gasteiger partial charge in [-0.2, -0.15) is 0 Å². The average molecular weight is 386 g/mol. The number of amidine groups is 1. The minimum absolute atomic E-state index is 0.0139. The Morgan fingerprint density at radius 2 is 2.11 bits per heavy atom. The second kappa shape index (κ2) is 5.84. The number of hydrogen-bond donors (Lipinski definition) is 1. The van der Waals surface area contributed by atoms with E-state index in [4.69, 9.17) is 36.5 Å². The molecule has 7 heteroatoms. The minimum atomic E-state index is -0.616. The van der Waals surface area contributed by atoms with E-state index in [-0.39, 0.29) is 17.5 Å². The molecule has 2 N–H and O–H groups in total. The molecule has 1 aromatic heterocycles. The summed E-state index contributed by atoms with van der Waals surface area (Å²) in [5.74, 6) is 0.830. The van der Waals surface area contributed by atoms with Gasteiger partial charge in [0.2, 0.25) is 0 Å². The lowest BCUT2D eigenvalue weighted by Gasteiger charge is -2.52. The van der Waals surface area contributed by atoms with Gasteiger partial charge in [-0.3, -0.25) is 4.98 Å². The van der Waals surface area contributed by atoms with E-state index in [0.717, 1.165) is 28.9 Å². The Kier molecular flexibility index (Phi) is 3.64. The largest absolute Gasteiger partial charge is 0.487 e. The first kappa shape index (κ1) is 16.8. The maximum Gasteiger partial charge on any atom is 0.283 e. The van der Waals surface area contributed by atoms with Crippen LogP contribution in [0.3, 0.4) is 0 Å². The van der Waals surface area contributed by atoms with Gasteiger partial charge in [-0.25, -0.2) is 4.99 Å². The Balaban J connectivity index is 1.70. The van der Waals surface area contributed by atoms with Crippen LogP contribution in [-0.4, -0.2) is 36.4 Å². The molecule has 2 unspecified atom stereocenters. The highest BCUT2D eigenvalue weighted by atomic mass is 35.5. The predicted molar refractivity (Wildman–Crippen MR) is 102 cm³/mol. The van der Waals surface area contributed by atoms with E-state index in [2.05, 4.69) is 18.0 Å². The lowest BCUT2D eigenvalue weighted by molar-refractivity contribution is -0.129. The zero-order chi connectivity index (χ0) is 18.6. The van der Waals surface area contributed by atoms with Crippen LogP contribution in [0, 0.1) is 5.92 Å². The smallest absolute Gasteiger partial charge is 0.283 e. The molecule has 4 heterocycles. The number of ether oxygens (including phenoxy) is 3. The Morgan fingerprint density at radius 3 is 2.89 bits per heavy atom. The van der Waals surface area contributed by atoms with E-state index in [1.165, 1.54) is 0 Å². The summed E-state index contributed by atoms with van der Waals surface area (Å²) in [6, 6.07) is 8.21. The van der Waals surface area contributed by atoms with E-state index in [1.54, 1.807) is 12.4 Å². The van der Waals surface area contributed by atoms with Crippen LogP contribution >= 0.6 is 11.6 Å². The first-order chi connectivity index (χ1) is 13.0. The van der Waals surface area contributed by atoms with E-state index < -0.39 is 5.54 Å². The third-order valence-electron chi connectivity index (χ3n) is 5.92. The van der Waals surface area contributed by atoms with Crippen LogP contribution in [0.2, 0.25) is 5.02 Å². The standard InChI is InChI=1S/C20H20ClN3O3/c1-19-4-5-25-10-17(19)20(11-26-18(22)24-20)15-7-12(2-3-16(15)27-19)13-6-14(21)9-23-8-13/h2-3,6-9,17H,4-5,10-11H2,1H3,(H2,22,24)/t17?,19-,20?/m0/s1. The van der Waals surface area contributed by atoms with Gasteiger partial charge in [-0.05, 0) is 30.7 Å². The van der Waals surface area contributed by atoms with Crippen molar-refractivity contribution < 1.29 is 14.2 Å². The van der Waals surface area contributed by atoms with Crippen LogP contribution in [0.15, 0.2) is 41.7 Å². The quantitative estimate of drug-likeness (QED) is 0.815. The zero-order valence-corrected chi connectivity index (χ0v) is 15.7. The van der Waals surface area contributed by atoms with Gasteiger partial charge in [-0.15, -0.1) is 0 Å². The second-order valence-corrected chi connectivity index (χ2v) is 7.99. The Bertz CT molecular complexity index is 950. The molecule has 3 atom stereocenters. The van der Waals surface area contributed by atoms with Crippen LogP contribution in [0.4, 0.5) is 0 Å².